The highest BCUT2D eigenvalue weighted by Crippen LogP contribution is 2.36. The Hall–Kier alpha value is -2.76. The number of tetrazole rings is 1. The first-order valence-corrected chi connectivity index (χ1v) is 5.89. The van der Waals surface area contributed by atoms with Crippen LogP contribution >= 0.6 is 0 Å². The van der Waals surface area contributed by atoms with Gasteiger partial charge in [-0.05, 0) is 34.7 Å². The minimum Gasteiger partial charge on any atom is -0.438 e. The molecule has 6 nitrogen and oxygen atoms in total. The van der Waals surface area contributed by atoms with Gasteiger partial charge in [0.2, 0.25) is 5.88 Å². The third kappa shape index (κ3) is 1.65. The van der Waals surface area contributed by atoms with Crippen molar-refractivity contribution < 1.29 is 4.74 Å². The van der Waals surface area contributed by atoms with E-state index in [2.05, 4.69) is 25.6 Å². The second kappa shape index (κ2) is 3.88. The van der Waals surface area contributed by atoms with Crippen LogP contribution in [0.5, 0.6) is 11.6 Å². The average Bonchev–Trinajstić information content (AvgIpc) is 2.98. The Morgan fingerprint density at radius 2 is 2.16 bits per heavy atom. The second-order valence-corrected chi connectivity index (χ2v) is 4.32. The van der Waals surface area contributed by atoms with Crippen molar-refractivity contribution in [3.05, 3.63) is 47.7 Å². The van der Waals surface area contributed by atoms with Gasteiger partial charge in [0.1, 0.15) is 5.75 Å². The molecular weight excluding hydrogens is 242 g/mol. The Kier molecular flexibility index (Phi) is 2.08. The van der Waals surface area contributed by atoms with Gasteiger partial charge in [-0.15, -0.1) is 5.10 Å². The number of ether oxygens (including phenoxy) is 1. The molecule has 0 atom stereocenters. The maximum absolute atomic E-state index is 5.78. The molecule has 0 saturated carbocycles. The fraction of sp³-hybridized carbons (Fsp3) is 0.0769. The lowest BCUT2D eigenvalue weighted by Gasteiger charge is -2.19. The first kappa shape index (κ1) is 10.2. The van der Waals surface area contributed by atoms with Crippen LogP contribution in [0.15, 0.2) is 36.5 Å². The monoisotopic (exact) mass is 251 g/mol. The fourth-order valence-electron chi connectivity index (χ4n) is 2.21. The Bertz CT molecular complexity index is 739. The van der Waals surface area contributed by atoms with Gasteiger partial charge in [-0.1, -0.05) is 6.07 Å². The third-order valence-corrected chi connectivity index (χ3v) is 3.12. The van der Waals surface area contributed by atoms with Crippen molar-refractivity contribution in [3.8, 4) is 23.0 Å². The Balaban J connectivity index is 1.78. The van der Waals surface area contributed by atoms with Gasteiger partial charge in [-0.3, -0.25) is 0 Å². The summed E-state index contributed by atoms with van der Waals surface area (Å²) >= 11 is 0. The zero-order chi connectivity index (χ0) is 12.7. The van der Waals surface area contributed by atoms with Crippen molar-refractivity contribution in [2.45, 2.75) is 6.42 Å². The highest BCUT2D eigenvalue weighted by atomic mass is 16.5. The molecule has 2 aromatic heterocycles. The number of pyridine rings is 1. The van der Waals surface area contributed by atoms with E-state index in [4.69, 9.17) is 4.74 Å². The molecule has 92 valence electrons. The summed E-state index contributed by atoms with van der Waals surface area (Å²) in [7, 11) is 0. The molecule has 0 unspecified atom stereocenters. The first-order valence-electron chi connectivity index (χ1n) is 5.89. The molecular formula is C13H9N5O. The Morgan fingerprint density at radius 1 is 1.16 bits per heavy atom. The van der Waals surface area contributed by atoms with Gasteiger partial charge in [0.15, 0.2) is 5.82 Å². The SMILES string of the molecule is c1cnc2c(c1)Cc1cc(-c3nnn[nH]3)ccc1O2. The van der Waals surface area contributed by atoms with E-state index >= 15 is 0 Å². The molecule has 0 radical (unpaired) electrons. The van der Waals surface area contributed by atoms with Gasteiger partial charge >= 0.3 is 0 Å². The number of H-pyrrole nitrogens is 1. The maximum atomic E-state index is 5.78. The van der Waals surface area contributed by atoms with Gasteiger partial charge in [0.05, 0.1) is 0 Å². The molecule has 0 saturated heterocycles. The molecule has 1 aromatic carbocycles. The first-order chi connectivity index (χ1) is 9.40. The maximum Gasteiger partial charge on any atom is 0.222 e. The lowest BCUT2D eigenvalue weighted by atomic mass is 10.0. The van der Waals surface area contributed by atoms with Crippen LogP contribution in [0, 0.1) is 0 Å². The highest BCUT2D eigenvalue weighted by molar-refractivity contribution is 5.60. The predicted octanol–water partition coefficient (Wildman–Crippen LogP) is 1.96. The number of nitrogens with zero attached hydrogens (tertiary/aromatic N) is 4. The molecule has 0 aliphatic carbocycles. The number of aromatic nitrogens is 5. The summed E-state index contributed by atoms with van der Waals surface area (Å²) in [6.45, 7) is 0. The molecule has 4 rings (SSSR count). The van der Waals surface area contributed by atoms with Gasteiger partial charge in [0, 0.05) is 29.3 Å². The zero-order valence-corrected chi connectivity index (χ0v) is 9.87. The van der Waals surface area contributed by atoms with E-state index in [1.54, 1.807) is 6.20 Å². The van der Waals surface area contributed by atoms with Crippen LogP contribution in [0.1, 0.15) is 11.1 Å². The summed E-state index contributed by atoms with van der Waals surface area (Å²) in [6.07, 6.45) is 2.53. The van der Waals surface area contributed by atoms with E-state index in [-0.39, 0.29) is 0 Å². The van der Waals surface area contributed by atoms with E-state index in [1.165, 1.54) is 0 Å². The minimum atomic E-state index is 0.653. The van der Waals surface area contributed by atoms with Crippen molar-refractivity contribution >= 4 is 0 Å². The van der Waals surface area contributed by atoms with E-state index in [0.717, 1.165) is 28.9 Å². The van der Waals surface area contributed by atoms with E-state index < -0.39 is 0 Å². The van der Waals surface area contributed by atoms with Crippen molar-refractivity contribution in [2.75, 3.05) is 0 Å². The van der Waals surface area contributed by atoms with E-state index in [0.29, 0.717) is 11.7 Å². The Labute approximate surface area is 108 Å². The lowest BCUT2D eigenvalue weighted by Crippen LogP contribution is -2.04. The number of fused-ring (bicyclic) bond motifs is 2. The molecule has 6 heteroatoms. The number of aromatic amines is 1. The summed E-state index contributed by atoms with van der Waals surface area (Å²) in [6, 6.07) is 9.82. The van der Waals surface area contributed by atoms with Gasteiger partial charge in [-0.2, -0.15) is 0 Å². The molecule has 19 heavy (non-hydrogen) atoms. The largest absolute Gasteiger partial charge is 0.438 e. The zero-order valence-electron chi connectivity index (χ0n) is 9.87. The third-order valence-electron chi connectivity index (χ3n) is 3.12. The molecule has 0 bridgehead atoms. The van der Waals surface area contributed by atoms with Crippen LogP contribution in [0.3, 0.4) is 0 Å². The number of rotatable bonds is 1. The summed E-state index contributed by atoms with van der Waals surface area (Å²) in [5.74, 6) is 2.17. The van der Waals surface area contributed by atoms with Gasteiger partial charge in [-0.25, -0.2) is 10.1 Å². The van der Waals surface area contributed by atoms with Gasteiger partial charge < -0.3 is 4.74 Å². The summed E-state index contributed by atoms with van der Waals surface area (Å²) in [5.41, 5.74) is 3.14. The Morgan fingerprint density at radius 3 is 3.05 bits per heavy atom. The van der Waals surface area contributed by atoms with Crippen LogP contribution < -0.4 is 4.74 Å². The molecule has 0 spiro atoms. The van der Waals surface area contributed by atoms with Crippen LogP contribution in [0.4, 0.5) is 0 Å². The van der Waals surface area contributed by atoms with Crippen molar-refractivity contribution in [2.24, 2.45) is 0 Å². The molecule has 3 aromatic rings. The molecule has 3 heterocycles. The summed E-state index contributed by atoms with van der Waals surface area (Å²) < 4.78 is 5.78. The molecule has 1 N–H and O–H groups in total. The fourth-order valence-corrected chi connectivity index (χ4v) is 2.21. The van der Waals surface area contributed by atoms with Crippen molar-refractivity contribution in [3.63, 3.8) is 0 Å². The van der Waals surface area contributed by atoms with Crippen LogP contribution in [0.2, 0.25) is 0 Å². The number of hydrogen-bond acceptors (Lipinski definition) is 5. The van der Waals surface area contributed by atoms with E-state index in [1.807, 2.05) is 30.3 Å². The smallest absolute Gasteiger partial charge is 0.222 e. The number of nitrogens with one attached hydrogen (secondary N) is 1. The minimum absolute atomic E-state index is 0.653. The predicted molar refractivity (Wildman–Crippen MR) is 66.7 cm³/mol. The normalized spacial score (nSPS) is 12.4. The molecule has 0 amide bonds. The summed E-state index contributed by atoms with van der Waals surface area (Å²) in [5, 5.41) is 13.8. The standard InChI is InChI=1S/C13H9N5O/c1-2-9-7-10-6-8(12-15-17-18-16-12)3-4-11(10)19-13(9)14-5-1/h1-6H,7H2,(H,15,16,17,18). The van der Waals surface area contributed by atoms with Crippen LogP contribution in [-0.2, 0) is 6.42 Å². The van der Waals surface area contributed by atoms with Crippen molar-refractivity contribution in [1.29, 1.82) is 0 Å². The van der Waals surface area contributed by atoms with Crippen LogP contribution in [-0.4, -0.2) is 25.6 Å². The van der Waals surface area contributed by atoms with Crippen LogP contribution in [0.25, 0.3) is 11.4 Å². The molecule has 1 aliphatic rings. The average molecular weight is 251 g/mol. The summed E-state index contributed by atoms with van der Waals surface area (Å²) in [4.78, 5) is 4.23. The second-order valence-electron chi connectivity index (χ2n) is 4.32. The van der Waals surface area contributed by atoms with Gasteiger partial charge in [0.25, 0.3) is 0 Å². The number of benzene rings is 1. The molecule has 0 fully saturated rings. The van der Waals surface area contributed by atoms with E-state index in [9.17, 15) is 0 Å². The number of hydrogen-bond donors (Lipinski definition) is 1. The highest BCUT2D eigenvalue weighted by Gasteiger charge is 2.18. The topological polar surface area (TPSA) is 76.6 Å². The van der Waals surface area contributed by atoms with Crippen molar-refractivity contribution in [1.82, 2.24) is 25.6 Å². The molecule has 1 aliphatic heterocycles. The quantitative estimate of drug-likeness (QED) is 0.559. The lowest BCUT2D eigenvalue weighted by molar-refractivity contribution is 0.441.